The summed E-state index contributed by atoms with van der Waals surface area (Å²) in [6.07, 6.45) is 0. The van der Waals surface area contributed by atoms with Crippen molar-refractivity contribution < 1.29 is 19.1 Å². The highest BCUT2D eigenvalue weighted by Crippen LogP contribution is 2.34. The number of hydrogen-bond donors (Lipinski definition) is 2. The Morgan fingerprint density at radius 3 is 2.52 bits per heavy atom. The third-order valence-electron chi connectivity index (χ3n) is 4.03. The number of nitrogens with one attached hydrogen (secondary N) is 2. The monoisotopic (exact) mass is 439 g/mol. The molecule has 11 heteroatoms. The van der Waals surface area contributed by atoms with Crippen LogP contribution in [0.4, 0.5) is 5.00 Å². The lowest BCUT2D eigenvalue weighted by Crippen LogP contribution is -2.18. The summed E-state index contributed by atoms with van der Waals surface area (Å²) in [6.45, 7) is 7.58. The molecule has 9 nitrogen and oxygen atoms in total. The molecule has 0 aliphatic rings. The summed E-state index contributed by atoms with van der Waals surface area (Å²) in [5, 5.41) is 14.4. The predicted molar refractivity (Wildman–Crippen MR) is 113 cm³/mol. The van der Waals surface area contributed by atoms with Crippen LogP contribution in [0, 0.1) is 6.92 Å². The van der Waals surface area contributed by atoms with Crippen LogP contribution in [0.15, 0.2) is 5.16 Å². The van der Waals surface area contributed by atoms with E-state index in [1.54, 1.807) is 13.8 Å². The number of nitrogens with zero attached hydrogens (tertiary/aromatic N) is 3. The maximum Gasteiger partial charge on any atom is 0.341 e. The second kappa shape index (κ2) is 9.88. The van der Waals surface area contributed by atoms with Crippen molar-refractivity contribution in [2.24, 2.45) is 7.05 Å². The van der Waals surface area contributed by atoms with Crippen LogP contribution < -0.4 is 10.6 Å². The molecule has 0 aromatic carbocycles. The van der Waals surface area contributed by atoms with Gasteiger partial charge in [0.05, 0.1) is 22.8 Å². The van der Waals surface area contributed by atoms with Gasteiger partial charge in [-0.2, -0.15) is 0 Å². The Morgan fingerprint density at radius 1 is 1.28 bits per heavy atom. The first-order valence-electron chi connectivity index (χ1n) is 9.05. The molecule has 0 atom stereocenters. The van der Waals surface area contributed by atoms with Gasteiger partial charge in [-0.25, -0.2) is 4.79 Å². The van der Waals surface area contributed by atoms with Crippen LogP contribution in [0.3, 0.4) is 0 Å². The fourth-order valence-corrected chi connectivity index (χ4v) is 4.50. The van der Waals surface area contributed by atoms with Gasteiger partial charge in [0.15, 0.2) is 5.16 Å². The Labute approximate surface area is 177 Å². The van der Waals surface area contributed by atoms with E-state index < -0.39 is 5.97 Å². The molecule has 29 heavy (non-hydrogen) atoms. The molecule has 0 spiro atoms. The van der Waals surface area contributed by atoms with E-state index in [1.165, 1.54) is 18.8 Å². The topological polar surface area (TPSA) is 115 Å². The Balaban J connectivity index is 2.18. The Morgan fingerprint density at radius 2 is 1.97 bits per heavy atom. The summed E-state index contributed by atoms with van der Waals surface area (Å²) in [4.78, 5) is 37.3. The fraction of sp³-hybridized carbons (Fsp3) is 0.500. The Kier molecular flexibility index (Phi) is 7.80. The minimum atomic E-state index is -0.575. The number of thioether (sulfide) groups is 1. The number of esters is 1. The van der Waals surface area contributed by atoms with Crippen LogP contribution in [-0.4, -0.2) is 52.0 Å². The van der Waals surface area contributed by atoms with Gasteiger partial charge in [0.25, 0.3) is 5.91 Å². The summed E-state index contributed by atoms with van der Waals surface area (Å²) in [7, 11) is 3.36. The van der Waals surface area contributed by atoms with Crippen LogP contribution in [0.5, 0.6) is 0 Å². The third-order valence-corrected chi connectivity index (χ3v) is 6.26. The lowest BCUT2D eigenvalue weighted by molar-refractivity contribution is -0.113. The van der Waals surface area contributed by atoms with E-state index in [0.29, 0.717) is 20.6 Å². The molecule has 2 N–H and O–H groups in total. The minimum absolute atomic E-state index is 0.0819. The number of carbonyl (C=O) groups is 3. The molecule has 0 saturated carbocycles. The number of rotatable bonds is 8. The SMILES string of the molecule is CCOC(=O)c1c(NC(=O)CSc2nnc(C(C)C)n2C)sc(C(=O)NC)c1C. The molecular weight excluding hydrogens is 414 g/mol. The number of carbonyl (C=O) groups excluding carboxylic acids is 3. The molecule has 2 rings (SSSR count). The van der Waals surface area contributed by atoms with Gasteiger partial charge in [0.1, 0.15) is 10.8 Å². The van der Waals surface area contributed by atoms with E-state index in [4.69, 9.17) is 4.74 Å². The molecule has 0 saturated heterocycles. The summed E-state index contributed by atoms with van der Waals surface area (Å²) < 4.78 is 6.94. The highest BCUT2D eigenvalue weighted by atomic mass is 32.2. The maximum absolute atomic E-state index is 12.5. The van der Waals surface area contributed by atoms with E-state index in [-0.39, 0.29) is 35.7 Å². The Hall–Kier alpha value is -2.40. The van der Waals surface area contributed by atoms with Gasteiger partial charge < -0.3 is 19.9 Å². The Bertz CT molecular complexity index is 920. The third kappa shape index (κ3) is 5.15. The van der Waals surface area contributed by atoms with Crippen molar-refractivity contribution in [2.45, 2.75) is 38.8 Å². The van der Waals surface area contributed by atoms with Gasteiger partial charge in [-0.1, -0.05) is 25.6 Å². The quantitative estimate of drug-likeness (QED) is 0.480. The summed E-state index contributed by atoms with van der Waals surface area (Å²) in [6, 6.07) is 0. The number of ether oxygens (including phenoxy) is 1. The van der Waals surface area contributed by atoms with E-state index in [2.05, 4.69) is 20.8 Å². The second-order valence-corrected chi connectivity index (χ2v) is 8.41. The zero-order valence-electron chi connectivity index (χ0n) is 17.3. The van der Waals surface area contributed by atoms with Gasteiger partial charge >= 0.3 is 5.97 Å². The maximum atomic E-state index is 12.5. The van der Waals surface area contributed by atoms with Gasteiger partial charge in [-0.3, -0.25) is 9.59 Å². The largest absolute Gasteiger partial charge is 0.462 e. The molecule has 0 radical (unpaired) electrons. The molecule has 158 valence electrons. The minimum Gasteiger partial charge on any atom is -0.462 e. The normalized spacial score (nSPS) is 10.9. The molecule has 0 aliphatic carbocycles. The molecule has 2 amide bonds. The first-order chi connectivity index (χ1) is 13.7. The molecule has 0 aliphatic heterocycles. The lowest BCUT2D eigenvalue weighted by atomic mass is 10.1. The zero-order chi connectivity index (χ0) is 21.7. The van der Waals surface area contributed by atoms with Gasteiger partial charge in [-0.05, 0) is 19.4 Å². The fourth-order valence-electron chi connectivity index (χ4n) is 2.63. The van der Waals surface area contributed by atoms with E-state index in [1.807, 2.05) is 25.5 Å². The molecule has 0 bridgehead atoms. The van der Waals surface area contributed by atoms with Gasteiger partial charge in [-0.15, -0.1) is 21.5 Å². The average molecular weight is 440 g/mol. The highest BCUT2D eigenvalue weighted by Gasteiger charge is 2.26. The molecule has 2 heterocycles. The van der Waals surface area contributed by atoms with Crippen molar-refractivity contribution in [3.63, 3.8) is 0 Å². The molecular formula is C18H25N5O4S2. The van der Waals surface area contributed by atoms with Crippen molar-refractivity contribution in [1.29, 1.82) is 0 Å². The smallest absolute Gasteiger partial charge is 0.341 e. The lowest BCUT2D eigenvalue weighted by Gasteiger charge is -2.08. The van der Waals surface area contributed by atoms with Crippen LogP contribution in [0.2, 0.25) is 0 Å². The van der Waals surface area contributed by atoms with E-state index in [9.17, 15) is 14.4 Å². The highest BCUT2D eigenvalue weighted by molar-refractivity contribution is 7.99. The summed E-state index contributed by atoms with van der Waals surface area (Å²) in [5.74, 6) is -0.0815. The molecule has 0 unspecified atom stereocenters. The summed E-state index contributed by atoms with van der Waals surface area (Å²) in [5.41, 5.74) is 0.681. The number of hydrogen-bond acceptors (Lipinski definition) is 8. The molecule has 2 aromatic rings. The van der Waals surface area contributed by atoms with Crippen LogP contribution in [0.1, 0.15) is 58.1 Å². The standard InChI is InChI=1S/C18H25N5O4S2/c1-7-27-17(26)12-10(4)13(15(25)19-5)29-16(12)20-11(24)8-28-18-22-21-14(9(2)3)23(18)6/h9H,7-8H2,1-6H3,(H,19,25)(H,20,24). The van der Waals surface area contributed by atoms with Gasteiger partial charge in [0, 0.05) is 20.0 Å². The van der Waals surface area contributed by atoms with Crippen molar-refractivity contribution >= 4 is 45.9 Å². The van der Waals surface area contributed by atoms with Crippen LogP contribution >= 0.6 is 23.1 Å². The number of anilines is 1. The van der Waals surface area contributed by atoms with E-state index in [0.717, 1.165) is 17.2 Å². The predicted octanol–water partition coefficient (Wildman–Crippen LogP) is 2.58. The van der Waals surface area contributed by atoms with Crippen molar-refractivity contribution in [2.75, 3.05) is 24.7 Å². The van der Waals surface area contributed by atoms with Crippen molar-refractivity contribution in [3.8, 4) is 0 Å². The van der Waals surface area contributed by atoms with Crippen molar-refractivity contribution in [3.05, 3.63) is 21.8 Å². The summed E-state index contributed by atoms with van der Waals surface area (Å²) >= 11 is 2.29. The van der Waals surface area contributed by atoms with Crippen molar-refractivity contribution in [1.82, 2.24) is 20.1 Å². The average Bonchev–Trinajstić information content (AvgIpc) is 3.19. The number of aromatic nitrogens is 3. The number of thiophene rings is 1. The van der Waals surface area contributed by atoms with Crippen LogP contribution in [-0.2, 0) is 16.6 Å². The van der Waals surface area contributed by atoms with Crippen LogP contribution in [0.25, 0.3) is 0 Å². The van der Waals surface area contributed by atoms with E-state index >= 15 is 0 Å². The molecule has 2 aromatic heterocycles. The van der Waals surface area contributed by atoms with Gasteiger partial charge in [0.2, 0.25) is 5.91 Å². The zero-order valence-corrected chi connectivity index (χ0v) is 18.9. The number of amides is 2. The molecule has 0 fully saturated rings. The first-order valence-corrected chi connectivity index (χ1v) is 10.9. The second-order valence-electron chi connectivity index (χ2n) is 6.45. The first kappa shape index (κ1) is 22.9.